The fraction of sp³-hybridized carbons (Fsp3) is 0.312. The van der Waals surface area contributed by atoms with Crippen LogP contribution in [0, 0.1) is 0 Å². The molecule has 1 unspecified atom stereocenters. The first-order chi connectivity index (χ1) is 9.91. The number of pyridine rings is 1. The predicted octanol–water partition coefficient (Wildman–Crippen LogP) is 3.64. The van der Waals surface area contributed by atoms with E-state index in [9.17, 15) is 13.2 Å². The molecule has 0 saturated carbocycles. The van der Waals surface area contributed by atoms with Gasteiger partial charge in [0.25, 0.3) is 0 Å². The summed E-state index contributed by atoms with van der Waals surface area (Å²) < 4.78 is 38.0. The van der Waals surface area contributed by atoms with Crippen molar-refractivity contribution in [2.24, 2.45) is 5.73 Å². The Morgan fingerprint density at radius 1 is 1.10 bits per heavy atom. The molecule has 0 saturated heterocycles. The second-order valence-corrected chi connectivity index (χ2v) is 5.41. The Hall–Kier alpha value is -1.88. The van der Waals surface area contributed by atoms with E-state index < -0.39 is 17.3 Å². The van der Waals surface area contributed by atoms with Crippen LogP contribution in [0.1, 0.15) is 35.2 Å². The lowest BCUT2D eigenvalue weighted by atomic mass is 9.76. The molecule has 3 rings (SSSR count). The van der Waals surface area contributed by atoms with Crippen LogP contribution in [0.25, 0.3) is 0 Å². The van der Waals surface area contributed by atoms with E-state index in [0.717, 1.165) is 36.2 Å². The summed E-state index contributed by atoms with van der Waals surface area (Å²) >= 11 is 0. The van der Waals surface area contributed by atoms with Crippen LogP contribution in [0.5, 0.6) is 0 Å². The van der Waals surface area contributed by atoms with E-state index in [-0.39, 0.29) is 0 Å². The van der Waals surface area contributed by atoms with Gasteiger partial charge in [0.05, 0.1) is 16.8 Å². The number of benzene rings is 1. The molecule has 0 amide bonds. The number of hydrogen-bond donors (Lipinski definition) is 1. The van der Waals surface area contributed by atoms with Crippen molar-refractivity contribution in [1.29, 1.82) is 0 Å². The molecule has 2 aromatic rings. The Balaban J connectivity index is 2.04. The molecule has 2 N–H and O–H groups in total. The van der Waals surface area contributed by atoms with Gasteiger partial charge in [0, 0.05) is 6.20 Å². The maximum absolute atomic E-state index is 12.7. The minimum Gasteiger partial charge on any atom is -0.316 e. The predicted molar refractivity (Wildman–Crippen MR) is 73.6 cm³/mol. The van der Waals surface area contributed by atoms with Crippen LogP contribution in [0.15, 0.2) is 42.6 Å². The summed E-state index contributed by atoms with van der Waals surface area (Å²) in [5.74, 6) is 0. The fourth-order valence-electron chi connectivity index (χ4n) is 2.96. The third kappa shape index (κ3) is 2.42. The van der Waals surface area contributed by atoms with Crippen LogP contribution >= 0.6 is 0 Å². The zero-order valence-corrected chi connectivity index (χ0v) is 11.3. The molecule has 1 atom stereocenters. The molecule has 21 heavy (non-hydrogen) atoms. The second-order valence-electron chi connectivity index (χ2n) is 5.41. The first-order valence-electron chi connectivity index (χ1n) is 6.82. The molecule has 0 aliphatic heterocycles. The van der Waals surface area contributed by atoms with Crippen LogP contribution in [-0.2, 0) is 18.1 Å². The van der Waals surface area contributed by atoms with Gasteiger partial charge in [-0.25, -0.2) is 0 Å². The molecule has 0 radical (unpaired) electrons. The number of aryl methyl sites for hydroxylation is 1. The highest BCUT2D eigenvalue weighted by atomic mass is 19.4. The average Bonchev–Trinajstić information content (AvgIpc) is 2.47. The van der Waals surface area contributed by atoms with Gasteiger partial charge in [-0.05, 0) is 48.6 Å². The van der Waals surface area contributed by atoms with E-state index in [4.69, 9.17) is 5.73 Å². The summed E-state index contributed by atoms with van der Waals surface area (Å²) in [6.07, 6.45) is -0.166. The van der Waals surface area contributed by atoms with Gasteiger partial charge in [-0.1, -0.05) is 18.2 Å². The number of hydrogen-bond acceptors (Lipinski definition) is 2. The molecule has 2 nitrogen and oxygen atoms in total. The van der Waals surface area contributed by atoms with Crippen molar-refractivity contribution in [3.63, 3.8) is 0 Å². The normalized spacial score (nSPS) is 21.9. The summed E-state index contributed by atoms with van der Waals surface area (Å²) in [6, 6.07) is 8.94. The molecule has 0 bridgehead atoms. The summed E-state index contributed by atoms with van der Waals surface area (Å²) in [4.78, 5) is 4.37. The maximum Gasteiger partial charge on any atom is 0.416 e. The minimum atomic E-state index is -4.33. The number of aromatic nitrogens is 1. The first-order valence-corrected chi connectivity index (χ1v) is 6.82. The van der Waals surface area contributed by atoms with Gasteiger partial charge in [0.15, 0.2) is 0 Å². The Bertz CT molecular complexity index is 649. The van der Waals surface area contributed by atoms with Gasteiger partial charge >= 0.3 is 6.18 Å². The van der Waals surface area contributed by atoms with Gasteiger partial charge in [-0.2, -0.15) is 13.2 Å². The minimum absolute atomic E-state index is 0.660. The standard InChI is InChI=1S/C16H15F3N2/c17-16(18,19)13-7-5-12(6-8-13)15(20)9-1-3-11-4-2-10-21-14(11)15/h2,4-8,10H,1,3,9,20H2. The number of alkyl halides is 3. The van der Waals surface area contributed by atoms with Crippen molar-refractivity contribution in [1.82, 2.24) is 4.98 Å². The molecule has 1 aliphatic rings. The zero-order chi connectivity index (χ0) is 15.1. The summed E-state index contributed by atoms with van der Waals surface area (Å²) in [6.45, 7) is 0. The maximum atomic E-state index is 12.7. The van der Waals surface area contributed by atoms with Gasteiger partial charge in [0.2, 0.25) is 0 Å². The number of halogens is 3. The Labute approximate surface area is 120 Å². The van der Waals surface area contributed by atoms with Crippen LogP contribution in [-0.4, -0.2) is 4.98 Å². The SMILES string of the molecule is NC1(c2ccc(C(F)(F)F)cc2)CCCc2cccnc21. The lowest BCUT2D eigenvalue weighted by Crippen LogP contribution is -2.42. The molecule has 0 spiro atoms. The molecular formula is C16H15F3N2. The van der Waals surface area contributed by atoms with Crippen molar-refractivity contribution in [3.8, 4) is 0 Å². The second kappa shape index (κ2) is 4.84. The largest absolute Gasteiger partial charge is 0.416 e. The van der Waals surface area contributed by atoms with E-state index in [1.165, 1.54) is 12.1 Å². The number of nitrogens with zero attached hydrogens (tertiary/aromatic N) is 1. The topological polar surface area (TPSA) is 38.9 Å². The molecule has 110 valence electrons. The molecule has 1 aromatic carbocycles. The van der Waals surface area contributed by atoms with Gasteiger partial charge in [-0.3, -0.25) is 4.98 Å². The highest BCUT2D eigenvalue weighted by Crippen LogP contribution is 2.38. The lowest BCUT2D eigenvalue weighted by Gasteiger charge is -2.35. The van der Waals surface area contributed by atoms with E-state index in [1.807, 2.05) is 12.1 Å². The molecule has 0 fully saturated rings. The van der Waals surface area contributed by atoms with Crippen LogP contribution < -0.4 is 5.73 Å². The fourth-order valence-corrected chi connectivity index (χ4v) is 2.96. The van der Waals surface area contributed by atoms with Gasteiger partial charge < -0.3 is 5.73 Å². The highest BCUT2D eigenvalue weighted by Gasteiger charge is 2.37. The quantitative estimate of drug-likeness (QED) is 0.871. The van der Waals surface area contributed by atoms with E-state index in [2.05, 4.69) is 4.98 Å². The highest BCUT2D eigenvalue weighted by molar-refractivity contribution is 5.41. The van der Waals surface area contributed by atoms with Crippen molar-refractivity contribution in [2.75, 3.05) is 0 Å². The van der Waals surface area contributed by atoms with Crippen LogP contribution in [0.3, 0.4) is 0 Å². The number of nitrogens with two attached hydrogens (primary N) is 1. The average molecular weight is 292 g/mol. The molecule has 1 aliphatic carbocycles. The zero-order valence-electron chi connectivity index (χ0n) is 11.3. The Morgan fingerprint density at radius 2 is 1.81 bits per heavy atom. The van der Waals surface area contributed by atoms with Crippen molar-refractivity contribution in [3.05, 3.63) is 65.0 Å². The Morgan fingerprint density at radius 3 is 2.48 bits per heavy atom. The van der Waals surface area contributed by atoms with Crippen molar-refractivity contribution in [2.45, 2.75) is 31.0 Å². The van der Waals surface area contributed by atoms with Crippen LogP contribution in [0.4, 0.5) is 13.2 Å². The van der Waals surface area contributed by atoms with E-state index >= 15 is 0 Å². The third-order valence-electron chi connectivity index (χ3n) is 4.06. The number of rotatable bonds is 1. The first kappa shape index (κ1) is 14.1. The van der Waals surface area contributed by atoms with E-state index in [0.29, 0.717) is 12.0 Å². The van der Waals surface area contributed by atoms with Crippen molar-refractivity contribution >= 4 is 0 Å². The smallest absolute Gasteiger partial charge is 0.316 e. The monoisotopic (exact) mass is 292 g/mol. The molecule has 5 heteroatoms. The molecule has 1 aromatic heterocycles. The Kier molecular flexibility index (Phi) is 3.24. The summed E-state index contributed by atoms with van der Waals surface area (Å²) in [5, 5.41) is 0. The summed E-state index contributed by atoms with van der Waals surface area (Å²) in [5.41, 5.74) is 7.57. The van der Waals surface area contributed by atoms with Gasteiger partial charge in [0.1, 0.15) is 0 Å². The third-order valence-corrected chi connectivity index (χ3v) is 4.06. The molecule has 1 heterocycles. The summed E-state index contributed by atoms with van der Waals surface area (Å²) in [7, 11) is 0. The van der Waals surface area contributed by atoms with Crippen LogP contribution in [0.2, 0.25) is 0 Å². The van der Waals surface area contributed by atoms with E-state index in [1.54, 1.807) is 6.20 Å². The van der Waals surface area contributed by atoms with Gasteiger partial charge in [-0.15, -0.1) is 0 Å². The lowest BCUT2D eigenvalue weighted by molar-refractivity contribution is -0.137. The number of fused-ring (bicyclic) bond motifs is 1. The molecular weight excluding hydrogens is 277 g/mol. The van der Waals surface area contributed by atoms with Crippen molar-refractivity contribution < 1.29 is 13.2 Å².